The maximum Gasteiger partial charge on any atom is 0.272 e. The summed E-state index contributed by atoms with van der Waals surface area (Å²) >= 11 is 6.16. The van der Waals surface area contributed by atoms with Crippen LogP contribution < -0.4 is 5.32 Å². The Morgan fingerprint density at radius 1 is 1.19 bits per heavy atom. The predicted octanol–water partition coefficient (Wildman–Crippen LogP) is 2.56. The number of aryl methyl sites for hydroxylation is 2. The van der Waals surface area contributed by atoms with Gasteiger partial charge < -0.3 is 5.32 Å². The van der Waals surface area contributed by atoms with Gasteiger partial charge in [-0.05, 0) is 39.8 Å². The van der Waals surface area contributed by atoms with Gasteiger partial charge in [-0.1, -0.05) is 11.6 Å². The molecular weight excluding hydrogens is 354 g/mol. The van der Waals surface area contributed by atoms with E-state index < -0.39 is 0 Å². The first kappa shape index (κ1) is 18.2. The lowest BCUT2D eigenvalue weighted by atomic mass is 10.2. The van der Waals surface area contributed by atoms with Crippen molar-refractivity contribution in [3.05, 3.63) is 52.3 Å². The third-order valence-electron chi connectivity index (χ3n) is 4.22. The molecule has 3 rings (SSSR count). The van der Waals surface area contributed by atoms with Crippen molar-refractivity contribution in [3.63, 3.8) is 0 Å². The van der Waals surface area contributed by atoms with Crippen LogP contribution in [0, 0.1) is 13.8 Å². The van der Waals surface area contributed by atoms with E-state index in [1.807, 2.05) is 44.6 Å². The van der Waals surface area contributed by atoms with Gasteiger partial charge in [0.2, 0.25) is 0 Å². The van der Waals surface area contributed by atoms with E-state index in [1.165, 1.54) is 0 Å². The molecule has 3 aromatic rings. The zero-order chi connectivity index (χ0) is 18.8. The minimum atomic E-state index is -0.242. The first-order valence-corrected chi connectivity index (χ1v) is 8.84. The third kappa shape index (κ3) is 3.65. The second-order valence-corrected chi connectivity index (χ2v) is 6.54. The van der Waals surface area contributed by atoms with E-state index >= 15 is 0 Å². The Morgan fingerprint density at radius 2 is 1.92 bits per heavy atom. The molecule has 0 spiro atoms. The number of hydrogen-bond acceptors (Lipinski definition) is 4. The first-order chi connectivity index (χ1) is 12.4. The number of halogens is 1. The quantitative estimate of drug-likeness (QED) is 0.717. The van der Waals surface area contributed by atoms with Gasteiger partial charge in [-0.15, -0.1) is 0 Å². The molecule has 26 heavy (non-hydrogen) atoms. The van der Waals surface area contributed by atoms with E-state index in [9.17, 15) is 4.79 Å². The van der Waals surface area contributed by atoms with Gasteiger partial charge in [-0.3, -0.25) is 14.2 Å². The number of nitrogens with zero attached hydrogens (tertiary/aromatic N) is 6. The Labute approximate surface area is 156 Å². The topological polar surface area (TPSA) is 82.6 Å². The Kier molecular flexibility index (Phi) is 5.13. The van der Waals surface area contributed by atoms with Crippen molar-refractivity contribution in [2.24, 2.45) is 0 Å². The highest BCUT2D eigenvalue weighted by atomic mass is 35.5. The van der Waals surface area contributed by atoms with Crippen molar-refractivity contribution < 1.29 is 4.79 Å². The van der Waals surface area contributed by atoms with Crippen LogP contribution in [0.5, 0.6) is 0 Å². The fraction of sp³-hybridized carbons (Fsp3) is 0.412. The second kappa shape index (κ2) is 7.33. The zero-order valence-electron chi connectivity index (χ0n) is 15.3. The van der Waals surface area contributed by atoms with E-state index in [-0.39, 0.29) is 11.9 Å². The SMILES string of the molecule is CCn1ccc(C(C)NC(=O)c2ccn(Cn3nc(C)c(Cl)c3C)n2)n1. The molecular formula is C17H22ClN7O. The molecule has 1 amide bonds. The number of amides is 1. The van der Waals surface area contributed by atoms with E-state index in [0.717, 1.165) is 23.6 Å². The summed E-state index contributed by atoms with van der Waals surface area (Å²) < 4.78 is 5.24. The van der Waals surface area contributed by atoms with Gasteiger partial charge in [0.25, 0.3) is 5.91 Å². The fourth-order valence-electron chi connectivity index (χ4n) is 2.64. The molecule has 0 bridgehead atoms. The van der Waals surface area contributed by atoms with Crippen LogP contribution in [0.4, 0.5) is 0 Å². The molecule has 0 radical (unpaired) electrons. The summed E-state index contributed by atoms with van der Waals surface area (Å²) in [4.78, 5) is 12.4. The smallest absolute Gasteiger partial charge is 0.272 e. The lowest BCUT2D eigenvalue weighted by Gasteiger charge is -2.10. The molecule has 0 aliphatic carbocycles. The van der Waals surface area contributed by atoms with Crippen LogP contribution in [0.2, 0.25) is 5.02 Å². The summed E-state index contributed by atoms with van der Waals surface area (Å²) in [5.41, 5.74) is 2.80. The Balaban J connectivity index is 1.66. The average Bonchev–Trinajstić information content (AvgIpc) is 3.33. The Hall–Kier alpha value is -2.61. The molecule has 0 saturated carbocycles. The number of nitrogens with one attached hydrogen (secondary N) is 1. The predicted molar refractivity (Wildman–Crippen MR) is 98.1 cm³/mol. The van der Waals surface area contributed by atoms with Crippen molar-refractivity contribution in [3.8, 4) is 0 Å². The number of aromatic nitrogens is 6. The molecule has 3 heterocycles. The molecule has 0 saturated heterocycles. The molecule has 0 aromatic carbocycles. The van der Waals surface area contributed by atoms with Crippen LogP contribution in [0.15, 0.2) is 24.5 Å². The maximum absolute atomic E-state index is 12.4. The monoisotopic (exact) mass is 375 g/mol. The van der Waals surface area contributed by atoms with E-state index in [2.05, 4.69) is 20.6 Å². The van der Waals surface area contributed by atoms with Gasteiger partial charge in [-0.2, -0.15) is 15.3 Å². The summed E-state index contributed by atoms with van der Waals surface area (Å²) in [5, 5.41) is 16.7. The Morgan fingerprint density at radius 3 is 2.54 bits per heavy atom. The first-order valence-electron chi connectivity index (χ1n) is 8.46. The third-order valence-corrected chi connectivity index (χ3v) is 4.77. The molecule has 0 aliphatic rings. The van der Waals surface area contributed by atoms with Crippen LogP contribution in [0.25, 0.3) is 0 Å². The van der Waals surface area contributed by atoms with Gasteiger partial charge in [0.15, 0.2) is 0 Å². The molecule has 8 nitrogen and oxygen atoms in total. The molecule has 0 fully saturated rings. The maximum atomic E-state index is 12.4. The molecule has 9 heteroatoms. The lowest BCUT2D eigenvalue weighted by molar-refractivity contribution is 0.0933. The van der Waals surface area contributed by atoms with Crippen LogP contribution in [0.3, 0.4) is 0 Å². The van der Waals surface area contributed by atoms with Crippen molar-refractivity contribution in [2.75, 3.05) is 0 Å². The van der Waals surface area contributed by atoms with Crippen molar-refractivity contribution >= 4 is 17.5 Å². The fourth-order valence-corrected chi connectivity index (χ4v) is 2.78. The van der Waals surface area contributed by atoms with Crippen molar-refractivity contribution in [2.45, 2.75) is 47.0 Å². The average molecular weight is 376 g/mol. The normalized spacial score (nSPS) is 12.3. The summed E-state index contributed by atoms with van der Waals surface area (Å²) in [5.74, 6) is -0.242. The van der Waals surface area contributed by atoms with E-state index in [1.54, 1.807) is 21.6 Å². The summed E-state index contributed by atoms with van der Waals surface area (Å²) in [6, 6.07) is 3.38. The minimum absolute atomic E-state index is 0.199. The highest BCUT2D eigenvalue weighted by Gasteiger charge is 2.16. The van der Waals surface area contributed by atoms with Gasteiger partial charge in [0, 0.05) is 18.9 Å². The van der Waals surface area contributed by atoms with Crippen LogP contribution >= 0.6 is 11.6 Å². The molecule has 3 aromatic heterocycles. The standard InChI is InChI=1S/C17H22ClN7O/c1-5-23-8-6-14(21-23)11(2)19-17(26)15-7-9-24(22-15)10-25-13(4)16(18)12(3)20-25/h6-9,11H,5,10H2,1-4H3,(H,19,26). The molecule has 1 N–H and O–H groups in total. The summed E-state index contributed by atoms with van der Waals surface area (Å²) in [6.07, 6.45) is 3.64. The number of hydrogen-bond donors (Lipinski definition) is 1. The summed E-state index contributed by atoms with van der Waals surface area (Å²) in [7, 11) is 0. The molecule has 0 aliphatic heterocycles. The second-order valence-electron chi connectivity index (χ2n) is 6.16. The van der Waals surface area contributed by atoms with Crippen LogP contribution in [-0.2, 0) is 13.2 Å². The van der Waals surface area contributed by atoms with E-state index in [0.29, 0.717) is 17.4 Å². The van der Waals surface area contributed by atoms with Gasteiger partial charge >= 0.3 is 0 Å². The zero-order valence-corrected chi connectivity index (χ0v) is 16.0. The van der Waals surface area contributed by atoms with E-state index in [4.69, 9.17) is 11.6 Å². The Bertz CT molecular complexity index is 924. The molecule has 1 unspecified atom stereocenters. The molecule has 1 atom stereocenters. The van der Waals surface area contributed by atoms with Crippen molar-refractivity contribution in [1.82, 2.24) is 34.7 Å². The number of rotatable bonds is 6. The highest BCUT2D eigenvalue weighted by molar-refractivity contribution is 6.31. The summed E-state index contributed by atoms with van der Waals surface area (Å²) in [6.45, 7) is 8.86. The largest absolute Gasteiger partial charge is 0.342 e. The molecule has 138 valence electrons. The van der Waals surface area contributed by atoms with Gasteiger partial charge in [-0.25, -0.2) is 4.68 Å². The van der Waals surface area contributed by atoms with Crippen molar-refractivity contribution in [1.29, 1.82) is 0 Å². The van der Waals surface area contributed by atoms with Gasteiger partial charge in [0.05, 0.1) is 28.1 Å². The highest BCUT2D eigenvalue weighted by Crippen LogP contribution is 2.18. The lowest BCUT2D eigenvalue weighted by Crippen LogP contribution is -2.27. The number of carbonyl (C=O) groups excluding carboxylic acids is 1. The van der Waals surface area contributed by atoms with Crippen LogP contribution in [0.1, 0.15) is 47.5 Å². The van der Waals surface area contributed by atoms with Gasteiger partial charge in [0.1, 0.15) is 12.4 Å². The number of carbonyl (C=O) groups is 1. The minimum Gasteiger partial charge on any atom is -0.342 e. The van der Waals surface area contributed by atoms with Crippen LogP contribution in [-0.4, -0.2) is 35.2 Å².